The largest absolute Gasteiger partial charge is 0.486 e. The SMILES string of the molecule is NCc1cc(Cl)cc(-c2ccc3c(c2)OCCO3)c1. The van der Waals surface area contributed by atoms with Crippen LogP contribution in [0.2, 0.25) is 5.02 Å². The zero-order valence-corrected chi connectivity index (χ0v) is 11.1. The van der Waals surface area contributed by atoms with Crippen molar-refractivity contribution >= 4 is 11.6 Å². The molecule has 98 valence electrons. The second kappa shape index (κ2) is 5.11. The summed E-state index contributed by atoms with van der Waals surface area (Å²) in [4.78, 5) is 0. The minimum Gasteiger partial charge on any atom is -0.486 e. The van der Waals surface area contributed by atoms with E-state index in [9.17, 15) is 0 Å². The van der Waals surface area contributed by atoms with Crippen LogP contribution >= 0.6 is 11.6 Å². The second-order valence-electron chi connectivity index (χ2n) is 4.41. The normalized spacial score (nSPS) is 13.4. The summed E-state index contributed by atoms with van der Waals surface area (Å²) in [5.74, 6) is 1.56. The molecule has 1 aliphatic rings. The Kier molecular flexibility index (Phi) is 3.32. The summed E-state index contributed by atoms with van der Waals surface area (Å²) in [6.45, 7) is 1.65. The van der Waals surface area contributed by atoms with Gasteiger partial charge in [-0.1, -0.05) is 17.7 Å². The number of rotatable bonds is 2. The Balaban J connectivity index is 2.04. The van der Waals surface area contributed by atoms with Crippen LogP contribution in [0, 0.1) is 0 Å². The number of nitrogens with two attached hydrogens (primary N) is 1. The Morgan fingerprint density at radius 1 is 0.947 bits per heavy atom. The Bertz CT molecular complexity index is 613. The van der Waals surface area contributed by atoms with Gasteiger partial charge in [-0.15, -0.1) is 0 Å². The van der Waals surface area contributed by atoms with Crippen LogP contribution in [0.15, 0.2) is 36.4 Å². The number of hydrogen-bond donors (Lipinski definition) is 1. The summed E-state index contributed by atoms with van der Waals surface area (Å²) < 4.78 is 11.1. The van der Waals surface area contributed by atoms with Gasteiger partial charge >= 0.3 is 0 Å². The summed E-state index contributed by atoms with van der Waals surface area (Å²) in [5.41, 5.74) is 8.76. The molecule has 0 aliphatic carbocycles. The van der Waals surface area contributed by atoms with Crippen LogP contribution in [0.4, 0.5) is 0 Å². The van der Waals surface area contributed by atoms with E-state index in [0.29, 0.717) is 24.8 Å². The maximum absolute atomic E-state index is 6.11. The highest BCUT2D eigenvalue weighted by Crippen LogP contribution is 2.35. The van der Waals surface area contributed by atoms with Gasteiger partial charge in [0.05, 0.1) is 0 Å². The highest BCUT2D eigenvalue weighted by Gasteiger charge is 2.12. The van der Waals surface area contributed by atoms with E-state index in [4.69, 9.17) is 26.8 Å². The van der Waals surface area contributed by atoms with Gasteiger partial charge in [0, 0.05) is 11.6 Å². The summed E-state index contributed by atoms with van der Waals surface area (Å²) in [7, 11) is 0. The van der Waals surface area contributed by atoms with Crippen LogP contribution in [-0.2, 0) is 6.54 Å². The molecule has 2 aromatic rings. The number of fused-ring (bicyclic) bond motifs is 1. The third-order valence-electron chi connectivity index (χ3n) is 3.07. The van der Waals surface area contributed by atoms with Gasteiger partial charge in [0.2, 0.25) is 0 Å². The van der Waals surface area contributed by atoms with Crippen molar-refractivity contribution in [2.75, 3.05) is 13.2 Å². The number of ether oxygens (including phenoxy) is 2. The fourth-order valence-corrected chi connectivity index (χ4v) is 2.42. The Morgan fingerprint density at radius 3 is 2.53 bits per heavy atom. The molecule has 0 bridgehead atoms. The Morgan fingerprint density at radius 2 is 1.74 bits per heavy atom. The lowest BCUT2D eigenvalue weighted by atomic mass is 10.0. The van der Waals surface area contributed by atoms with Crippen LogP contribution in [0.25, 0.3) is 11.1 Å². The van der Waals surface area contributed by atoms with Crippen molar-refractivity contribution in [1.82, 2.24) is 0 Å². The van der Waals surface area contributed by atoms with Crippen LogP contribution in [0.1, 0.15) is 5.56 Å². The number of halogens is 1. The van der Waals surface area contributed by atoms with Crippen molar-refractivity contribution in [3.05, 3.63) is 47.0 Å². The maximum atomic E-state index is 6.11. The van der Waals surface area contributed by atoms with Gasteiger partial charge in [-0.2, -0.15) is 0 Å². The van der Waals surface area contributed by atoms with Crippen molar-refractivity contribution in [2.24, 2.45) is 5.73 Å². The Hall–Kier alpha value is -1.71. The van der Waals surface area contributed by atoms with E-state index >= 15 is 0 Å². The molecule has 0 radical (unpaired) electrons. The highest BCUT2D eigenvalue weighted by atomic mass is 35.5. The Labute approximate surface area is 116 Å². The molecule has 3 nitrogen and oxygen atoms in total. The molecule has 0 spiro atoms. The van der Waals surface area contributed by atoms with Crippen LogP contribution in [-0.4, -0.2) is 13.2 Å². The van der Waals surface area contributed by atoms with E-state index in [0.717, 1.165) is 28.2 Å². The van der Waals surface area contributed by atoms with Crippen molar-refractivity contribution < 1.29 is 9.47 Å². The molecule has 19 heavy (non-hydrogen) atoms. The molecule has 1 heterocycles. The topological polar surface area (TPSA) is 44.5 Å². The predicted octanol–water partition coefficient (Wildman–Crippen LogP) is 3.24. The van der Waals surface area contributed by atoms with Crippen molar-refractivity contribution in [1.29, 1.82) is 0 Å². The quantitative estimate of drug-likeness (QED) is 0.915. The monoisotopic (exact) mass is 275 g/mol. The molecular weight excluding hydrogens is 262 g/mol. The van der Waals surface area contributed by atoms with Gasteiger partial charge < -0.3 is 15.2 Å². The van der Waals surface area contributed by atoms with Gasteiger partial charge in [0.1, 0.15) is 13.2 Å². The first-order valence-corrected chi connectivity index (χ1v) is 6.53. The van der Waals surface area contributed by atoms with Crippen LogP contribution in [0.5, 0.6) is 11.5 Å². The van der Waals surface area contributed by atoms with E-state index in [2.05, 4.69) is 0 Å². The zero-order valence-electron chi connectivity index (χ0n) is 10.4. The molecule has 3 rings (SSSR count). The minimum absolute atomic E-state index is 0.470. The molecule has 4 heteroatoms. The predicted molar refractivity (Wildman–Crippen MR) is 75.8 cm³/mol. The zero-order chi connectivity index (χ0) is 13.2. The summed E-state index contributed by atoms with van der Waals surface area (Å²) in [6, 6.07) is 11.7. The molecule has 1 aliphatic heterocycles. The van der Waals surface area contributed by atoms with Crippen LogP contribution < -0.4 is 15.2 Å². The second-order valence-corrected chi connectivity index (χ2v) is 4.85. The molecular formula is C15H14ClNO2. The average Bonchev–Trinajstić information content (AvgIpc) is 2.46. The van der Waals surface area contributed by atoms with E-state index in [1.54, 1.807) is 0 Å². The fourth-order valence-electron chi connectivity index (χ4n) is 2.16. The first kappa shape index (κ1) is 12.3. The summed E-state index contributed by atoms with van der Waals surface area (Å²) in [5, 5.41) is 0.688. The maximum Gasteiger partial charge on any atom is 0.161 e. The third kappa shape index (κ3) is 2.53. The molecule has 0 amide bonds. The minimum atomic E-state index is 0.470. The smallest absolute Gasteiger partial charge is 0.161 e. The van der Waals surface area contributed by atoms with E-state index in [1.807, 2.05) is 36.4 Å². The lowest BCUT2D eigenvalue weighted by Gasteiger charge is -2.19. The molecule has 2 aromatic carbocycles. The van der Waals surface area contributed by atoms with Gasteiger partial charge in [0.15, 0.2) is 11.5 Å². The standard InChI is InChI=1S/C15H14ClNO2/c16-13-6-10(9-17)5-12(7-13)11-1-2-14-15(8-11)19-4-3-18-14/h1-2,5-8H,3-4,9,17H2. The average molecular weight is 276 g/mol. The van der Waals surface area contributed by atoms with E-state index in [-0.39, 0.29) is 0 Å². The van der Waals surface area contributed by atoms with Gasteiger partial charge in [0.25, 0.3) is 0 Å². The third-order valence-corrected chi connectivity index (χ3v) is 3.29. The molecule has 2 N–H and O–H groups in total. The van der Waals surface area contributed by atoms with Crippen molar-refractivity contribution in [3.63, 3.8) is 0 Å². The number of benzene rings is 2. The van der Waals surface area contributed by atoms with Crippen molar-refractivity contribution in [2.45, 2.75) is 6.54 Å². The molecule has 0 unspecified atom stereocenters. The summed E-state index contributed by atoms with van der Waals surface area (Å²) in [6.07, 6.45) is 0. The summed E-state index contributed by atoms with van der Waals surface area (Å²) >= 11 is 6.11. The van der Waals surface area contributed by atoms with Gasteiger partial charge in [-0.25, -0.2) is 0 Å². The molecule has 0 saturated heterocycles. The lowest BCUT2D eigenvalue weighted by molar-refractivity contribution is 0.171. The number of hydrogen-bond acceptors (Lipinski definition) is 3. The lowest BCUT2D eigenvalue weighted by Crippen LogP contribution is -2.15. The highest BCUT2D eigenvalue weighted by molar-refractivity contribution is 6.31. The molecule has 0 aromatic heterocycles. The molecule has 0 saturated carbocycles. The van der Waals surface area contributed by atoms with Crippen molar-refractivity contribution in [3.8, 4) is 22.6 Å². The first-order valence-electron chi connectivity index (χ1n) is 6.16. The fraction of sp³-hybridized carbons (Fsp3) is 0.200. The molecule has 0 fully saturated rings. The first-order chi connectivity index (χ1) is 9.26. The van der Waals surface area contributed by atoms with Crippen LogP contribution in [0.3, 0.4) is 0 Å². The molecule has 0 atom stereocenters. The van der Waals surface area contributed by atoms with Gasteiger partial charge in [-0.05, 0) is 47.0 Å². The van der Waals surface area contributed by atoms with E-state index in [1.165, 1.54) is 0 Å². The van der Waals surface area contributed by atoms with E-state index < -0.39 is 0 Å². The van der Waals surface area contributed by atoms with Gasteiger partial charge in [-0.3, -0.25) is 0 Å².